The van der Waals surface area contributed by atoms with E-state index >= 15 is 0 Å². The molecule has 0 radical (unpaired) electrons. The van der Waals surface area contributed by atoms with Crippen molar-refractivity contribution in [1.29, 1.82) is 0 Å². The Morgan fingerprint density at radius 2 is 1.93 bits per heavy atom. The zero-order chi connectivity index (χ0) is 10.6. The van der Waals surface area contributed by atoms with E-state index in [4.69, 9.17) is 0 Å². The molecule has 0 heterocycles. The number of hydrogen-bond donors (Lipinski definition) is 1. The summed E-state index contributed by atoms with van der Waals surface area (Å²) in [7, 11) is 0. The predicted octanol–water partition coefficient (Wildman–Crippen LogP) is 3.70. The molecule has 76 valence electrons. The molecule has 0 spiro atoms. The minimum atomic E-state index is 0.937. The summed E-state index contributed by atoms with van der Waals surface area (Å²) >= 11 is 0. The lowest BCUT2D eigenvalue weighted by Crippen LogP contribution is -2.02. The lowest BCUT2D eigenvalue weighted by atomic mass is 10.2. The molecule has 0 aromatic rings. The van der Waals surface area contributed by atoms with Crippen LogP contribution in [0.5, 0.6) is 0 Å². The van der Waals surface area contributed by atoms with E-state index in [9.17, 15) is 0 Å². The topological polar surface area (TPSA) is 12.0 Å². The smallest absolute Gasteiger partial charge is 0.00764 e. The normalized spacial score (nSPS) is 11.5. The van der Waals surface area contributed by atoms with Gasteiger partial charge in [0, 0.05) is 11.9 Å². The molecule has 0 rings (SSSR count). The summed E-state index contributed by atoms with van der Waals surface area (Å²) in [6.45, 7) is 9.52. The van der Waals surface area contributed by atoms with Crippen LogP contribution in [0, 0.1) is 0 Å². The van der Waals surface area contributed by atoms with Crippen LogP contribution in [0.15, 0.2) is 61.5 Å². The quantitative estimate of drug-likeness (QED) is 0.475. The third kappa shape index (κ3) is 8.60. The molecule has 1 N–H and O–H groups in total. The third-order valence-electron chi connectivity index (χ3n) is 1.56. The Hall–Kier alpha value is -1.50. The van der Waals surface area contributed by atoms with Gasteiger partial charge in [0.05, 0.1) is 0 Å². The molecule has 0 aliphatic carbocycles. The molecule has 0 saturated carbocycles. The standard InChI is InChI=1S/C13H19N/c1-4-6-8-9-10-12-14-13(3)11-7-5-2/h4-6,8-10,12,14H,2-3,7,11H2,1H3/b6-4+,9-8-,12-10+. The van der Waals surface area contributed by atoms with Gasteiger partial charge in [-0.1, -0.05) is 37.0 Å². The van der Waals surface area contributed by atoms with Crippen molar-refractivity contribution >= 4 is 0 Å². The summed E-state index contributed by atoms with van der Waals surface area (Å²) in [5, 5.41) is 3.10. The Morgan fingerprint density at radius 1 is 1.21 bits per heavy atom. The summed E-state index contributed by atoms with van der Waals surface area (Å²) in [5.74, 6) is 0. The molecule has 0 bridgehead atoms. The van der Waals surface area contributed by atoms with Crippen LogP contribution in [0.2, 0.25) is 0 Å². The van der Waals surface area contributed by atoms with E-state index < -0.39 is 0 Å². The van der Waals surface area contributed by atoms with E-state index in [1.54, 1.807) is 0 Å². The second-order valence-electron chi connectivity index (χ2n) is 2.85. The first-order chi connectivity index (χ1) is 6.81. The van der Waals surface area contributed by atoms with Gasteiger partial charge in [-0.05, 0) is 25.8 Å². The molecule has 0 amide bonds. The first kappa shape index (κ1) is 12.5. The Kier molecular flexibility index (Phi) is 8.56. The van der Waals surface area contributed by atoms with Crippen LogP contribution in [0.3, 0.4) is 0 Å². The maximum Gasteiger partial charge on any atom is 0.00764 e. The summed E-state index contributed by atoms with van der Waals surface area (Å²) in [4.78, 5) is 0. The zero-order valence-electron chi connectivity index (χ0n) is 8.87. The van der Waals surface area contributed by atoms with Crippen molar-refractivity contribution in [3.8, 4) is 0 Å². The van der Waals surface area contributed by atoms with Gasteiger partial charge in [0.15, 0.2) is 0 Å². The van der Waals surface area contributed by atoms with Gasteiger partial charge >= 0.3 is 0 Å². The molecule has 1 nitrogen and oxygen atoms in total. The fraction of sp³-hybridized carbons (Fsp3) is 0.231. The molecule has 0 unspecified atom stereocenters. The highest BCUT2D eigenvalue weighted by atomic mass is 14.8. The minimum Gasteiger partial charge on any atom is -0.365 e. The monoisotopic (exact) mass is 189 g/mol. The minimum absolute atomic E-state index is 0.937. The molecule has 1 heteroatoms. The van der Waals surface area contributed by atoms with Crippen LogP contribution in [-0.2, 0) is 0 Å². The van der Waals surface area contributed by atoms with E-state index in [1.807, 2.05) is 49.6 Å². The summed E-state index contributed by atoms with van der Waals surface area (Å²) in [6.07, 6.45) is 15.5. The van der Waals surface area contributed by atoms with Crippen LogP contribution in [0.1, 0.15) is 19.8 Å². The van der Waals surface area contributed by atoms with Gasteiger partial charge in [-0.3, -0.25) is 0 Å². The molecule has 0 aliphatic heterocycles. The first-order valence-electron chi connectivity index (χ1n) is 4.81. The Morgan fingerprint density at radius 3 is 2.57 bits per heavy atom. The van der Waals surface area contributed by atoms with Crippen LogP contribution >= 0.6 is 0 Å². The number of allylic oxidation sites excluding steroid dienone is 7. The molecular formula is C13H19N. The fourth-order valence-electron chi connectivity index (χ4n) is 0.809. The van der Waals surface area contributed by atoms with Crippen molar-refractivity contribution in [1.82, 2.24) is 5.32 Å². The molecule has 0 atom stereocenters. The molecule has 0 saturated heterocycles. The molecule has 14 heavy (non-hydrogen) atoms. The maximum atomic E-state index is 3.88. The van der Waals surface area contributed by atoms with Gasteiger partial charge in [-0.2, -0.15) is 0 Å². The number of rotatable bonds is 7. The summed E-state index contributed by atoms with van der Waals surface area (Å²) < 4.78 is 0. The maximum absolute atomic E-state index is 3.88. The van der Waals surface area contributed by atoms with E-state index in [0.717, 1.165) is 18.5 Å². The molecule has 0 fully saturated rings. The lowest BCUT2D eigenvalue weighted by molar-refractivity contribution is 0.890. The van der Waals surface area contributed by atoms with Gasteiger partial charge in [-0.15, -0.1) is 6.58 Å². The van der Waals surface area contributed by atoms with Crippen LogP contribution in [0.4, 0.5) is 0 Å². The Labute approximate surface area is 87.2 Å². The predicted molar refractivity (Wildman–Crippen MR) is 64.8 cm³/mol. The Bertz CT molecular complexity index is 244. The molecular weight excluding hydrogens is 170 g/mol. The fourth-order valence-corrected chi connectivity index (χ4v) is 0.809. The highest BCUT2D eigenvalue weighted by molar-refractivity contribution is 5.11. The van der Waals surface area contributed by atoms with Crippen molar-refractivity contribution in [2.75, 3.05) is 0 Å². The average molecular weight is 189 g/mol. The van der Waals surface area contributed by atoms with E-state index in [1.165, 1.54) is 0 Å². The van der Waals surface area contributed by atoms with E-state index in [-0.39, 0.29) is 0 Å². The lowest BCUT2D eigenvalue weighted by Gasteiger charge is -2.01. The van der Waals surface area contributed by atoms with Crippen molar-refractivity contribution in [3.05, 3.63) is 61.5 Å². The summed E-state index contributed by atoms with van der Waals surface area (Å²) in [6, 6.07) is 0. The van der Waals surface area contributed by atoms with Crippen LogP contribution in [0.25, 0.3) is 0 Å². The van der Waals surface area contributed by atoms with Crippen LogP contribution in [-0.4, -0.2) is 0 Å². The van der Waals surface area contributed by atoms with Gasteiger partial charge in [0.2, 0.25) is 0 Å². The Balaban J connectivity index is 3.60. The highest BCUT2D eigenvalue weighted by Gasteiger charge is 1.85. The second kappa shape index (κ2) is 9.59. The van der Waals surface area contributed by atoms with Gasteiger partial charge < -0.3 is 5.32 Å². The van der Waals surface area contributed by atoms with Gasteiger partial charge in [-0.25, -0.2) is 0 Å². The number of hydrogen-bond acceptors (Lipinski definition) is 1. The molecule has 0 aliphatic rings. The van der Waals surface area contributed by atoms with Crippen molar-refractivity contribution in [2.45, 2.75) is 19.8 Å². The molecule has 0 aromatic carbocycles. The SMILES string of the molecule is C=CCCC(=C)N/C=C/C=C\C=C\C. The first-order valence-corrected chi connectivity index (χ1v) is 4.81. The van der Waals surface area contributed by atoms with Gasteiger partial charge in [0.25, 0.3) is 0 Å². The average Bonchev–Trinajstić information content (AvgIpc) is 2.20. The van der Waals surface area contributed by atoms with E-state index in [0.29, 0.717) is 0 Å². The molecule has 0 aromatic heterocycles. The second-order valence-corrected chi connectivity index (χ2v) is 2.85. The van der Waals surface area contributed by atoms with E-state index in [2.05, 4.69) is 18.5 Å². The van der Waals surface area contributed by atoms with Crippen molar-refractivity contribution < 1.29 is 0 Å². The highest BCUT2D eigenvalue weighted by Crippen LogP contribution is 1.98. The van der Waals surface area contributed by atoms with Crippen molar-refractivity contribution in [3.63, 3.8) is 0 Å². The summed E-state index contributed by atoms with van der Waals surface area (Å²) in [5.41, 5.74) is 1.01. The number of nitrogens with one attached hydrogen (secondary N) is 1. The largest absolute Gasteiger partial charge is 0.365 e. The third-order valence-corrected chi connectivity index (χ3v) is 1.56. The van der Waals surface area contributed by atoms with Crippen molar-refractivity contribution in [2.24, 2.45) is 0 Å². The van der Waals surface area contributed by atoms with Crippen LogP contribution < -0.4 is 5.32 Å². The zero-order valence-corrected chi connectivity index (χ0v) is 8.87. The van der Waals surface area contributed by atoms with Gasteiger partial charge in [0.1, 0.15) is 0 Å².